The first kappa shape index (κ1) is 18.2. The Morgan fingerprint density at radius 2 is 1.96 bits per heavy atom. The quantitative estimate of drug-likeness (QED) is 0.443. The van der Waals surface area contributed by atoms with Gasteiger partial charge in [-0.05, 0) is 37.6 Å². The Hall–Kier alpha value is -3.15. The van der Waals surface area contributed by atoms with Gasteiger partial charge in [0, 0.05) is 28.7 Å². The van der Waals surface area contributed by atoms with E-state index in [-0.39, 0.29) is 16.8 Å². The molecule has 0 radical (unpaired) electrons. The molecule has 0 saturated heterocycles. The van der Waals surface area contributed by atoms with Crippen molar-refractivity contribution >= 4 is 23.1 Å². The SMILES string of the molecule is C/C(=C(O)\C=C(/C)NC(=O)c1c[nH]c2ccccc2c1=O)[C@@H](C)C=O. The summed E-state index contributed by atoms with van der Waals surface area (Å²) in [6, 6.07) is 6.92. The predicted octanol–water partition coefficient (Wildman–Crippen LogP) is 2.83. The topological polar surface area (TPSA) is 99.3 Å². The fourth-order valence-electron chi connectivity index (χ4n) is 2.27. The highest BCUT2D eigenvalue weighted by molar-refractivity contribution is 5.97. The first-order valence-electron chi connectivity index (χ1n) is 7.80. The van der Waals surface area contributed by atoms with E-state index in [9.17, 15) is 19.5 Å². The van der Waals surface area contributed by atoms with Gasteiger partial charge in [-0.25, -0.2) is 0 Å². The minimum Gasteiger partial charge on any atom is -0.508 e. The number of carbonyl (C=O) groups excluding carboxylic acids is 2. The van der Waals surface area contributed by atoms with E-state index < -0.39 is 11.8 Å². The number of carbonyl (C=O) groups is 2. The van der Waals surface area contributed by atoms with Crippen molar-refractivity contribution in [1.82, 2.24) is 10.3 Å². The Morgan fingerprint density at radius 3 is 2.64 bits per heavy atom. The Kier molecular flexibility index (Phi) is 5.54. The molecule has 1 amide bonds. The van der Waals surface area contributed by atoms with Crippen LogP contribution in [0.25, 0.3) is 10.9 Å². The minimum atomic E-state index is -0.574. The second-order valence-electron chi connectivity index (χ2n) is 5.85. The van der Waals surface area contributed by atoms with E-state index in [4.69, 9.17) is 0 Å². The number of nitrogens with one attached hydrogen (secondary N) is 2. The molecule has 6 nitrogen and oxygen atoms in total. The summed E-state index contributed by atoms with van der Waals surface area (Å²) in [6.07, 6.45) is 3.44. The van der Waals surface area contributed by atoms with E-state index in [0.717, 1.165) is 6.29 Å². The van der Waals surface area contributed by atoms with Crippen LogP contribution in [0.1, 0.15) is 31.1 Å². The van der Waals surface area contributed by atoms with Crippen LogP contribution in [0, 0.1) is 5.92 Å². The van der Waals surface area contributed by atoms with E-state index in [1.54, 1.807) is 45.0 Å². The van der Waals surface area contributed by atoms with Crippen LogP contribution in [0.5, 0.6) is 0 Å². The molecule has 0 spiro atoms. The Balaban J connectivity index is 2.28. The van der Waals surface area contributed by atoms with E-state index in [2.05, 4.69) is 10.3 Å². The molecule has 0 fully saturated rings. The number of hydrogen-bond donors (Lipinski definition) is 3. The van der Waals surface area contributed by atoms with Crippen molar-refractivity contribution in [2.24, 2.45) is 5.92 Å². The molecule has 0 aliphatic carbocycles. The fourth-order valence-corrected chi connectivity index (χ4v) is 2.27. The lowest BCUT2D eigenvalue weighted by Gasteiger charge is -2.09. The van der Waals surface area contributed by atoms with Gasteiger partial charge in [0.25, 0.3) is 5.91 Å². The van der Waals surface area contributed by atoms with Crippen LogP contribution in [-0.4, -0.2) is 22.3 Å². The van der Waals surface area contributed by atoms with Gasteiger partial charge in [0.05, 0.1) is 0 Å². The highest BCUT2D eigenvalue weighted by atomic mass is 16.3. The predicted molar refractivity (Wildman–Crippen MR) is 96.3 cm³/mol. The zero-order valence-electron chi connectivity index (χ0n) is 14.3. The summed E-state index contributed by atoms with van der Waals surface area (Å²) < 4.78 is 0. The molecule has 0 saturated carbocycles. The van der Waals surface area contributed by atoms with Crippen LogP contribution >= 0.6 is 0 Å². The molecule has 25 heavy (non-hydrogen) atoms. The highest BCUT2D eigenvalue weighted by Crippen LogP contribution is 2.13. The molecular weight excluding hydrogens is 320 g/mol. The third-order valence-corrected chi connectivity index (χ3v) is 3.99. The summed E-state index contributed by atoms with van der Waals surface area (Å²) in [5.74, 6) is -1.09. The number of allylic oxidation sites excluding steroid dienone is 3. The molecule has 1 aromatic heterocycles. The molecule has 3 N–H and O–H groups in total. The second-order valence-corrected chi connectivity index (χ2v) is 5.85. The molecule has 0 aliphatic rings. The molecule has 1 heterocycles. The summed E-state index contributed by atoms with van der Waals surface area (Å²) in [5.41, 5.74) is 1.10. The molecule has 1 atom stereocenters. The van der Waals surface area contributed by atoms with Crippen molar-refractivity contribution in [2.75, 3.05) is 0 Å². The first-order chi connectivity index (χ1) is 11.8. The largest absolute Gasteiger partial charge is 0.508 e. The average Bonchev–Trinajstić information content (AvgIpc) is 2.60. The molecule has 2 aromatic rings. The second kappa shape index (κ2) is 7.61. The number of pyridine rings is 1. The number of hydrogen-bond acceptors (Lipinski definition) is 4. The number of fused-ring (bicyclic) bond motifs is 1. The zero-order valence-corrected chi connectivity index (χ0v) is 14.3. The standard InChI is InChI=1S/C19H20N2O4/c1-11(10-22)13(3)17(23)8-12(2)21-19(25)15-9-20-16-7-5-4-6-14(16)18(15)24/h4-11,23H,1-3H3,(H,20,24)(H,21,25)/b12-8+,17-13-/t11-/m0/s1. The summed E-state index contributed by atoms with van der Waals surface area (Å²) >= 11 is 0. The molecular formula is C19H20N2O4. The van der Waals surface area contributed by atoms with Crippen molar-refractivity contribution in [2.45, 2.75) is 20.8 Å². The number of amides is 1. The molecule has 2 rings (SSSR count). The van der Waals surface area contributed by atoms with Gasteiger partial charge in [0.2, 0.25) is 5.43 Å². The minimum absolute atomic E-state index is 0.0205. The van der Waals surface area contributed by atoms with Crippen molar-refractivity contribution in [1.29, 1.82) is 0 Å². The molecule has 0 aliphatic heterocycles. The highest BCUT2D eigenvalue weighted by Gasteiger charge is 2.13. The number of aliphatic hydroxyl groups excluding tert-OH is 1. The zero-order chi connectivity index (χ0) is 18.6. The van der Waals surface area contributed by atoms with Crippen LogP contribution in [0.4, 0.5) is 0 Å². The van der Waals surface area contributed by atoms with Gasteiger partial charge in [-0.3, -0.25) is 9.59 Å². The number of aromatic nitrogens is 1. The van der Waals surface area contributed by atoms with E-state index in [1.165, 1.54) is 12.3 Å². The lowest BCUT2D eigenvalue weighted by atomic mass is 10.0. The molecule has 1 aromatic carbocycles. The van der Waals surface area contributed by atoms with Crippen LogP contribution in [0.2, 0.25) is 0 Å². The molecule has 130 valence electrons. The van der Waals surface area contributed by atoms with Gasteiger partial charge in [0.15, 0.2) is 0 Å². The Labute approximate surface area is 144 Å². The van der Waals surface area contributed by atoms with Crippen molar-refractivity contribution in [3.05, 3.63) is 69.4 Å². The Morgan fingerprint density at radius 1 is 1.28 bits per heavy atom. The summed E-state index contributed by atoms with van der Waals surface area (Å²) in [6.45, 7) is 4.88. The summed E-state index contributed by atoms with van der Waals surface area (Å²) in [5, 5.41) is 13.0. The van der Waals surface area contributed by atoms with Gasteiger partial charge >= 0.3 is 0 Å². The maximum absolute atomic E-state index is 12.4. The van der Waals surface area contributed by atoms with Gasteiger partial charge in [-0.15, -0.1) is 0 Å². The summed E-state index contributed by atoms with van der Waals surface area (Å²) in [7, 11) is 0. The molecule has 0 bridgehead atoms. The number of aromatic amines is 1. The monoisotopic (exact) mass is 340 g/mol. The van der Waals surface area contributed by atoms with Gasteiger partial charge < -0.3 is 20.2 Å². The maximum Gasteiger partial charge on any atom is 0.260 e. The van der Waals surface area contributed by atoms with Gasteiger partial charge in [-0.2, -0.15) is 0 Å². The number of H-pyrrole nitrogens is 1. The van der Waals surface area contributed by atoms with E-state index in [1.807, 2.05) is 0 Å². The average molecular weight is 340 g/mol. The van der Waals surface area contributed by atoms with Crippen LogP contribution in [-0.2, 0) is 4.79 Å². The maximum atomic E-state index is 12.4. The number of para-hydroxylation sites is 1. The van der Waals surface area contributed by atoms with E-state index >= 15 is 0 Å². The van der Waals surface area contributed by atoms with Crippen molar-refractivity contribution in [3.63, 3.8) is 0 Å². The summed E-state index contributed by atoms with van der Waals surface area (Å²) in [4.78, 5) is 38.4. The van der Waals surface area contributed by atoms with Gasteiger partial charge in [-0.1, -0.05) is 19.1 Å². The number of rotatable bonds is 5. The molecule has 0 unspecified atom stereocenters. The number of benzene rings is 1. The third-order valence-electron chi connectivity index (χ3n) is 3.99. The lowest BCUT2D eigenvalue weighted by molar-refractivity contribution is -0.109. The first-order valence-corrected chi connectivity index (χ1v) is 7.80. The smallest absolute Gasteiger partial charge is 0.260 e. The number of aldehydes is 1. The van der Waals surface area contributed by atoms with Crippen LogP contribution in [0.3, 0.4) is 0 Å². The number of aliphatic hydroxyl groups is 1. The lowest BCUT2D eigenvalue weighted by Crippen LogP contribution is -2.27. The van der Waals surface area contributed by atoms with E-state index in [0.29, 0.717) is 22.2 Å². The fraction of sp³-hybridized carbons (Fsp3) is 0.211. The van der Waals surface area contributed by atoms with Crippen LogP contribution < -0.4 is 10.7 Å². The van der Waals surface area contributed by atoms with Crippen molar-refractivity contribution < 1.29 is 14.7 Å². The third kappa shape index (κ3) is 4.03. The van der Waals surface area contributed by atoms with Crippen LogP contribution in [0.15, 0.2) is 58.4 Å². The van der Waals surface area contributed by atoms with Crippen molar-refractivity contribution in [3.8, 4) is 0 Å². The van der Waals surface area contributed by atoms with Gasteiger partial charge in [0.1, 0.15) is 17.6 Å². The molecule has 6 heteroatoms. The normalized spacial score (nSPS) is 14.0. The Bertz CT molecular complexity index is 938.